The molecule has 0 saturated heterocycles. The number of carbonyl (C=O) groups excluding carboxylic acids is 1. The summed E-state index contributed by atoms with van der Waals surface area (Å²) >= 11 is 3.24. The summed E-state index contributed by atoms with van der Waals surface area (Å²) in [4.78, 5) is 12.4. The van der Waals surface area contributed by atoms with Crippen LogP contribution in [0.5, 0.6) is 0 Å². The minimum Gasteiger partial charge on any atom is -0.325 e. The number of hydrogen-bond acceptors (Lipinski definition) is 5. The Labute approximate surface area is 173 Å². The lowest BCUT2D eigenvalue weighted by Crippen LogP contribution is -2.35. The van der Waals surface area contributed by atoms with Crippen molar-refractivity contribution < 1.29 is 21.6 Å². The van der Waals surface area contributed by atoms with E-state index in [2.05, 4.69) is 26.0 Å². The number of sulfonamides is 2. The van der Waals surface area contributed by atoms with E-state index in [1.54, 1.807) is 25.1 Å². The number of aryl methyl sites for hydroxylation is 1. The molecule has 0 unspecified atom stereocenters. The molecule has 2 rings (SSSR count). The second kappa shape index (κ2) is 8.70. The minimum atomic E-state index is -3.84. The first kappa shape index (κ1) is 22.5. The third kappa shape index (κ3) is 5.17. The monoisotopic (exact) mass is 489 g/mol. The molecule has 8 nitrogen and oxygen atoms in total. The van der Waals surface area contributed by atoms with Crippen LogP contribution in [0.25, 0.3) is 0 Å². The Morgan fingerprint density at radius 1 is 1.04 bits per heavy atom. The standard InChI is InChI=1S/C17H20BrN3O5S2/c1-12-4-7-15(27(23,24)19-2)10-16(12)20-17(22)11-21(3)28(25,26)14-8-5-13(18)6-9-14/h4-10,19H,11H2,1-3H3,(H,20,22). The van der Waals surface area contributed by atoms with Crippen molar-refractivity contribution >= 4 is 47.6 Å². The Kier molecular flexibility index (Phi) is 6.99. The Morgan fingerprint density at radius 3 is 2.18 bits per heavy atom. The van der Waals surface area contributed by atoms with Gasteiger partial charge in [-0.15, -0.1) is 0 Å². The summed E-state index contributed by atoms with van der Waals surface area (Å²) in [6.45, 7) is 1.27. The van der Waals surface area contributed by atoms with E-state index in [0.717, 1.165) is 8.78 Å². The highest BCUT2D eigenvalue weighted by molar-refractivity contribution is 9.10. The zero-order valence-electron chi connectivity index (χ0n) is 15.4. The molecule has 28 heavy (non-hydrogen) atoms. The van der Waals surface area contributed by atoms with E-state index in [-0.39, 0.29) is 15.5 Å². The molecular weight excluding hydrogens is 470 g/mol. The van der Waals surface area contributed by atoms with Crippen molar-refractivity contribution in [2.45, 2.75) is 16.7 Å². The number of halogens is 1. The first-order valence-corrected chi connectivity index (χ1v) is 11.7. The van der Waals surface area contributed by atoms with Crippen molar-refractivity contribution in [2.24, 2.45) is 0 Å². The number of benzene rings is 2. The lowest BCUT2D eigenvalue weighted by atomic mass is 10.2. The second-order valence-electron chi connectivity index (χ2n) is 5.95. The number of nitrogens with one attached hydrogen (secondary N) is 2. The van der Waals surface area contributed by atoms with Crippen LogP contribution in [0.15, 0.2) is 56.7 Å². The van der Waals surface area contributed by atoms with Crippen LogP contribution in [0, 0.1) is 6.92 Å². The Bertz CT molecular complexity index is 1080. The molecule has 0 spiro atoms. The summed E-state index contributed by atoms with van der Waals surface area (Å²) < 4.78 is 52.8. The molecule has 0 atom stereocenters. The van der Waals surface area contributed by atoms with E-state index in [1.807, 2.05) is 0 Å². The Morgan fingerprint density at radius 2 is 1.61 bits per heavy atom. The molecule has 152 valence electrons. The van der Waals surface area contributed by atoms with Gasteiger partial charge in [-0.25, -0.2) is 21.6 Å². The topological polar surface area (TPSA) is 113 Å². The summed E-state index contributed by atoms with van der Waals surface area (Å²) in [7, 11) is -4.93. The number of likely N-dealkylation sites (N-methyl/N-ethyl adjacent to an activating group) is 1. The first-order valence-electron chi connectivity index (χ1n) is 8.03. The minimum absolute atomic E-state index is 0.00765. The number of nitrogens with zero attached hydrogens (tertiary/aromatic N) is 1. The summed E-state index contributed by atoms with van der Waals surface area (Å²) in [5.41, 5.74) is 0.928. The van der Waals surface area contributed by atoms with Gasteiger partial charge < -0.3 is 5.32 Å². The van der Waals surface area contributed by atoms with Crippen molar-refractivity contribution in [3.05, 3.63) is 52.5 Å². The van der Waals surface area contributed by atoms with Crippen LogP contribution in [0.4, 0.5) is 5.69 Å². The summed E-state index contributed by atoms with van der Waals surface area (Å²) in [5.74, 6) is -0.592. The average molecular weight is 490 g/mol. The molecule has 0 aliphatic rings. The highest BCUT2D eigenvalue weighted by Gasteiger charge is 2.23. The highest BCUT2D eigenvalue weighted by atomic mass is 79.9. The van der Waals surface area contributed by atoms with Gasteiger partial charge in [0.2, 0.25) is 26.0 Å². The molecule has 0 radical (unpaired) electrons. The third-order valence-corrected chi connectivity index (χ3v) is 7.71. The van der Waals surface area contributed by atoms with Gasteiger partial charge in [0.1, 0.15) is 0 Å². The number of amides is 1. The molecule has 0 fully saturated rings. The first-order chi connectivity index (χ1) is 13.0. The van der Waals surface area contributed by atoms with Gasteiger partial charge in [-0.2, -0.15) is 4.31 Å². The van der Waals surface area contributed by atoms with E-state index in [4.69, 9.17) is 0 Å². The van der Waals surface area contributed by atoms with Gasteiger partial charge in [0, 0.05) is 17.2 Å². The highest BCUT2D eigenvalue weighted by Crippen LogP contribution is 2.21. The summed E-state index contributed by atoms with van der Waals surface area (Å²) in [6, 6.07) is 10.4. The Hall–Kier alpha value is -1.79. The second-order valence-corrected chi connectivity index (χ2v) is 10.8. The van der Waals surface area contributed by atoms with Crippen LogP contribution in [0.3, 0.4) is 0 Å². The van der Waals surface area contributed by atoms with Gasteiger partial charge in [-0.3, -0.25) is 4.79 Å². The van der Waals surface area contributed by atoms with E-state index < -0.39 is 32.5 Å². The van der Waals surface area contributed by atoms with E-state index in [1.165, 1.54) is 38.4 Å². The maximum atomic E-state index is 12.6. The van der Waals surface area contributed by atoms with E-state index in [0.29, 0.717) is 5.56 Å². The van der Waals surface area contributed by atoms with E-state index >= 15 is 0 Å². The SMILES string of the molecule is CNS(=O)(=O)c1ccc(C)c(NC(=O)CN(C)S(=O)(=O)c2ccc(Br)cc2)c1. The predicted molar refractivity (Wildman–Crippen MR) is 110 cm³/mol. The van der Waals surface area contributed by atoms with E-state index in [9.17, 15) is 21.6 Å². The van der Waals surface area contributed by atoms with Crippen molar-refractivity contribution in [3.8, 4) is 0 Å². The number of hydrogen-bond donors (Lipinski definition) is 2. The fourth-order valence-electron chi connectivity index (χ4n) is 2.28. The molecule has 0 bridgehead atoms. The molecule has 2 aromatic carbocycles. The normalized spacial score (nSPS) is 12.2. The number of carbonyl (C=O) groups is 1. The zero-order chi connectivity index (χ0) is 21.1. The molecule has 11 heteroatoms. The van der Waals surface area contributed by atoms with Crippen LogP contribution in [-0.4, -0.2) is 47.7 Å². The lowest BCUT2D eigenvalue weighted by Gasteiger charge is -2.18. The van der Waals surface area contributed by atoms with Crippen molar-refractivity contribution in [2.75, 3.05) is 26.0 Å². The van der Waals surface area contributed by atoms with Gasteiger partial charge in [0.25, 0.3) is 0 Å². The maximum absolute atomic E-state index is 12.6. The van der Waals surface area contributed by atoms with Crippen molar-refractivity contribution in [3.63, 3.8) is 0 Å². The van der Waals surface area contributed by atoms with Gasteiger partial charge in [-0.05, 0) is 55.9 Å². The van der Waals surface area contributed by atoms with Crippen molar-refractivity contribution in [1.29, 1.82) is 0 Å². The fraction of sp³-hybridized carbons (Fsp3) is 0.235. The van der Waals surface area contributed by atoms with Gasteiger partial charge >= 0.3 is 0 Å². The van der Waals surface area contributed by atoms with Crippen LogP contribution < -0.4 is 10.0 Å². The summed E-state index contributed by atoms with van der Waals surface area (Å²) in [5, 5.41) is 2.57. The number of rotatable bonds is 7. The van der Waals surface area contributed by atoms with Crippen LogP contribution in [0.1, 0.15) is 5.56 Å². The number of anilines is 1. The molecular formula is C17H20BrN3O5S2. The molecule has 2 aromatic rings. The Balaban J connectivity index is 2.18. The quantitative estimate of drug-likeness (QED) is 0.616. The zero-order valence-corrected chi connectivity index (χ0v) is 18.7. The van der Waals surface area contributed by atoms with Gasteiger partial charge in [0.05, 0.1) is 16.3 Å². The molecule has 0 aliphatic carbocycles. The molecule has 0 heterocycles. The maximum Gasteiger partial charge on any atom is 0.243 e. The average Bonchev–Trinajstić information content (AvgIpc) is 2.63. The van der Waals surface area contributed by atoms with Gasteiger partial charge in [-0.1, -0.05) is 22.0 Å². The van der Waals surface area contributed by atoms with Crippen molar-refractivity contribution in [1.82, 2.24) is 9.03 Å². The van der Waals surface area contributed by atoms with Gasteiger partial charge in [0.15, 0.2) is 0 Å². The molecule has 2 N–H and O–H groups in total. The predicted octanol–water partition coefficient (Wildman–Crippen LogP) is 1.92. The lowest BCUT2D eigenvalue weighted by molar-refractivity contribution is -0.116. The van der Waals surface area contributed by atoms with Crippen LogP contribution >= 0.6 is 15.9 Å². The fourth-order valence-corrected chi connectivity index (χ4v) is 4.43. The summed E-state index contributed by atoms with van der Waals surface area (Å²) in [6.07, 6.45) is 0. The molecule has 1 amide bonds. The largest absolute Gasteiger partial charge is 0.325 e. The smallest absolute Gasteiger partial charge is 0.243 e. The van der Waals surface area contributed by atoms with Crippen LogP contribution in [0.2, 0.25) is 0 Å². The third-order valence-electron chi connectivity index (χ3n) is 3.95. The van der Waals surface area contributed by atoms with Crippen LogP contribution in [-0.2, 0) is 24.8 Å². The molecule has 0 aromatic heterocycles. The molecule has 0 saturated carbocycles. The molecule has 0 aliphatic heterocycles.